The maximum atomic E-state index is 5.14. The predicted octanol–water partition coefficient (Wildman–Crippen LogP) is 11.7. The summed E-state index contributed by atoms with van der Waals surface area (Å²) in [5.41, 5.74) is 7.56. The first-order chi connectivity index (χ1) is 23.3. The van der Waals surface area contributed by atoms with E-state index >= 15 is 0 Å². The Balaban J connectivity index is 1.21. The Bertz CT molecular complexity index is 2560. The number of rotatable bonds is 5. The van der Waals surface area contributed by atoms with Gasteiger partial charge in [0.1, 0.15) is 0 Å². The van der Waals surface area contributed by atoms with E-state index in [1.807, 2.05) is 6.07 Å². The van der Waals surface area contributed by atoms with Crippen molar-refractivity contribution in [2.75, 3.05) is 0 Å². The minimum atomic E-state index is 0.651. The van der Waals surface area contributed by atoms with Crippen LogP contribution < -0.4 is 0 Å². The van der Waals surface area contributed by atoms with Gasteiger partial charge in [-0.15, -0.1) is 11.3 Å². The van der Waals surface area contributed by atoms with Gasteiger partial charge < -0.3 is 0 Å². The standard InChI is InChI=1S/C43H27N3S/c1-2-11-28(12-3-1)32-15-8-16-33(27-32)42-44-41(31-25-23-30(24-26-31)35-19-9-14-29-13-4-5-17-34(29)35)45-43(46-42)38-21-10-20-37-36-18-6-7-22-39(36)47-40(37)38/h1-27H. The maximum absolute atomic E-state index is 5.14. The summed E-state index contributed by atoms with van der Waals surface area (Å²) >= 11 is 1.79. The Kier molecular flexibility index (Phi) is 6.65. The zero-order chi connectivity index (χ0) is 31.2. The van der Waals surface area contributed by atoms with Crippen LogP contribution in [0.3, 0.4) is 0 Å². The van der Waals surface area contributed by atoms with Gasteiger partial charge in [0.05, 0.1) is 0 Å². The van der Waals surface area contributed by atoms with E-state index in [2.05, 4.69) is 158 Å². The van der Waals surface area contributed by atoms with Gasteiger partial charge in [-0.1, -0.05) is 146 Å². The maximum Gasteiger partial charge on any atom is 0.165 e. The first kappa shape index (κ1) is 27.3. The summed E-state index contributed by atoms with van der Waals surface area (Å²) in [5, 5.41) is 4.94. The quantitative estimate of drug-likeness (QED) is 0.193. The molecule has 9 rings (SSSR count). The van der Waals surface area contributed by atoms with E-state index in [9.17, 15) is 0 Å². The summed E-state index contributed by atoms with van der Waals surface area (Å²) in [6.07, 6.45) is 0. The molecule has 47 heavy (non-hydrogen) atoms. The molecule has 0 amide bonds. The van der Waals surface area contributed by atoms with E-state index in [0.717, 1.165) is 33.4 Å². The second-order valence-corrected chi connectivity index (χ2v) is 12.7. The van der Waals surface area contributed by atoms with Gasteiger partial charge in [-0.05, 0) is 51.2 Å². The molecular formula is C43H27N3S. The van der Waals surface area contributed by atoms with Crippen molar-refractivity contribution in [3.63, 3.8) is 0 Å². The molecule has 0 bridgehead atoms. The first-order valence-electron chi connectivity index (χ1n) is 15.7. The van der Waals surface area contributed by atoms with Crippen molar-refractivity contribution in [1.29, 1.82) is 0 Å². The molecule has 0 unspecified atom stereocenters. The topological polar surface area (TPSA) is 38.7 Å². The van der Waals surface area contributed by atoms with Gasteiger partial charge in [0.25, 0.3) is 0 Å². The van der Waals surface area contributed by atoms with Crippen LogP contribution in [0.5, 0.6) is 0 Å². The van der Waals surface area contributed by atoms with Crippen LogP contribution in [0.15, 0.2) is 164 Å². The van der Waals surface area contributed by atoms with Crippen molar-refractivity contribution in [2.45, 2.75) is 0 Å². The zero-order valence-electron chi connectivity index (χ0n) is 25.3. The second kappa shape index (κ2) is 11.4. The van der Waals surface area contributed by atoms with E-state index in [4.69, 9.17) is 15.0 Å². The molecule has 0 N–H and O–H groups in total. The molecule has 0 atom stereocenters. The Morgan fingerprint density at radius 3 is 1.79 bits per heavy atom. The lowest BCUT2D eigenvalue weighted by Gasteiger charge is -2.11. The molecule has 4 heteroatoms. The van der Waals surface area contributed by atoms with Crippen LogP contribution in [0.2, 0.25) is 0 Å². The third kappa shape index (κ3) is 4.96. The van der Waals surface area contributed by atoms with Gasteiger partial charge in [0.2, 0.25) is 0 Å². The molecule has 0 radical (unpaired) electrons. The van der Waals surface area contributed by atoms with E-state index < -0.39 is 0 Å². The Morgan fingerprint density at radius 1 is 0.340 bits per heavy atom. The molecule has 2 heterocycles. The fourth-order valence-corrected chi connectivity index (χ4v) is 7.63. The van der Waals surface area contributed by atoms with Crippen molar-refractivity contribution < 1.29 is 0 Å². The number of aromatic nitrogens is 3. The van der Waals surface area contributed by atoms with E-state index in [1.165, 1.54) is 36.5 Å². The molecule has 0 aliphatic rings. The fourth-order valence-electron chi connectivity index (χ4n) is 6.42. The van der Waals surface area contributed by atoms with Gasteiger partial charge in [0.15, 0.2) is 17.5 Å². The third-order valence-corrected chi connectivity index (χ3v) is 9.97. The summed E-state index contributed by atoms with van der Waals surface area (Å²) in [5.74, 6) is 1.97. The van der Waals surface area contributed by atoms with Crippen molar-refractivity contribution >= 4 is 42.3 Å². The van der Waals surface area contributed by atoms with Crippen molar-refractivity contribution in [1.82, 2.24) is 15.0 Å². The van der Waals surface area contributed by atoms with Crippen molar-refractivity contribution in [2.24, 2.45) is 0 Å². The van der Waals surface area contributed by atoms with Gasteiger partial charge >= 0.3 is 0 Å². The molecule has 0 aliphatic heterocycles. The number of hydrogen-bond donors (Lipinski definition) is 0. The molecule has 0 spiro atoms. The predicted molar refractivity (Wildman–Crippen MR) is 197 cm³/mol. The number of fused-ring (bicyclic) bond motifs is 4. The largest absolute Gasteiger partial charge is 0.208 e. The summed E-state index contributed by atoms with van der Waals surface area (Å²) < 4.78 is 2.44. The molecule has 3 nitrogen and oxygen atoms in total. The number of thiophene rings is 1. The SMILES string of the molecule is c1ccc(-c2cccc(-c3nc(-c4ccc(-c5cccc6ccccc56)cc4)nc(-c4cccc5c4sc4ccccc45)n3)c2)cc1. The highest BCUT2D eigenvalue weighted by Gasteiger charge is 2.17. The van der Waals surface area contributed by atoms with Crippen LogP contribution in [0.25, 0.3) is 87.4 Å². The van der Waals surface area contributed by atoms with E-state index in [0.29, 0.717) is 17.5 Å². The van der Waals surface area contributed by atoms with Crippen LogP contribution in [0, 0.1) is 0 Å². The van der Waals surface area contributed by atoms with Crippen molar-refractivity contribution in [3.05, 3.63) is 164 Å². The average Bonchev–Trinajstić information content (AvgIpc) is 3.54. The Hall–Kier alpha value is -5.97. The lowest BCUT2D eigenvalue weighted by molar-refractivity contribution is 1.08. The smallest absolute Gasteiger partial charge is 0.165 e. The van der Waals surface area contributed by atoms with Gasteiger partial charge in [0, 0.05) is 36.9 Å². The Labute approximate surface area is 276 Å². The summed E-state index contributed by atoms with van der Waals surface area (Å²) in [7, 11) is 0. The molecule has 0 fully saturated rings. The molecule has 7 aromatic carbocycles. The third-order valence-electron chi connectivity index (χ3n) is 8.75. The Morgan fingerprint density at radius 2 is 0.915 bits per heavy atom. The van der Waals surface area contributed by atoms with Crippen LogP contribution in [-0.2, 0) is 0 Å². The monoisotopic (exact) mass is 617 g/mol. The molecule has 0 aliphatic carbocycles. The highest BCUT2D eigenvalue weighted by atomic mass is 32.1. The summed E-state index contributed by atoms with van der Waals surface area (Å²) in [4.78, 5) is 15.4. The van der Waals surface area contributed by atoms with Crippen LogP contribution in [0.1, 0.15) is 0 Å². The van der Waals surface area contributed by atoms with Crippen molar-refractivity contribution in [3.8, 4) is 56.4 Å². The van der Waals surface area contributed by atoms with Gasteiger partial charge in [-0.25, -0.2) is 15.0 Å². The summed E-state index contributed by atoms with van der Waals surface area (Å²) in [6, 6.07) is 57.4. The van der Waals surface area contributed by atoms with Gasteiger partial charge in [-0.3, -0.25) is 0 Å². The van der Waals surface area contributed by atoms with E-state index in [1.54, 1.807) is 11.3 Å². The minimum absolute atomic E-state index is 0.651. The van der Waals surface area contributed by atoms with Gasteiger partial charge in [-0.2, -0.15) is 0 Å². The molecule has 0 saturated carbocycles. The van der Waals surface area contributed by atoms with E-state index in [-0.39, 0.29) is 0 Å². The normalized spacial score (nSPS) is 11.4. The first-order valence-corrected chi connectivity index (χ1v) is 16.5. The summed E-state index contributed by atoms with van der Waals surface area (Å²) in [6.45, 7) is 0. The molecule has 0 saturated heterocycles. The minimum Gasteiger partial charge on any atom is -0.208 e. The average molecular weight is 618 g/mol. The lowest BCUT2D eigenvalue weighted by atomic mass is 9.97. The number of nitrogens with zero attached hydrogens (tertiary/aromatic N) is 3. The molecular weight excluding hydrogens is 591 g/mol. The van der Waals surface area contributed by atoms with Crippen LogP contribution in [0.4, 0.5) is 0 Å². The molecule has 9 aromatic rings. The highest BCUT2D eigenvalue weighted by molar-refractivity contribution is 7.26. The number of hydrogen-bond acceptors (Lipinski definition) is 4. The number of benzene rings is 7. The zero-order valence-corrected chi connectivity index (χ0v) is 26.2. The van der Waals surface area contributed by atoms with Crippen LogP contribution in [-0.4, -0.2) is 15.0 Å². The second-order valence-electron chi connectivity index (χ2n) is 11.6. The lowest BCUT2D eigenvalue weighted by Crippen LogP contribution is -2.00. The van der Waals surface area contributed by atoms with Crippen LogP contribution >= 0.6 is 11.3 Å². The molecule has 220 valence electrons. The highest BCUT2D eigenvalue weighted by Crippen LogP contribution is 2.40. The fraction of sp³-hybridized carbons (Fsp3) is 0. The molecule has 2 aromatic heterocycles.